The maximum absolute atomic E-state index is 10.7. The molecule has 0 atom stereocenters. The molecule has 4 rings (SSSR count). The van der Waals surface area contributed by atoms with Crippen molar-refractivity contribution < 1.29 is 9.52 Å². The van der Waals surface area contributed by atoms with Crippen molar-refractivity contribution in [2.45, 2.75) is 6.92 Å². The van der Waals surface area contributed by atoms with E-state index in [0.29, 0.717) is 22.4 Å². The molecule has 4 aromatic rings. The van der Waals surface area contributed by atoms with Gasteiger partial charge < -0.3 is 9.52 Å². The highest BCUT2D eigenvalue weighted by atomic mass is 16.4. The lowest BCUT2D eigenvalue weighted by Crippen LogP contribution is -2.02. The molecule has 25 heavy (non-hydrogen) atoms. The van der Waals surface area contributed by atoms with Gasteiger partial charge in [0.05, 0.1) is 11.1 Å². The molecule has 3 heteroatoms. The topological polar surface area (TPSA) is 45.7 Å². The molecule has 122 valence electrons. The van der Waals surface area contributed by atoms with Crippen LogP contribution in [0.2, 0.25) is 0 Å². The Balaban J connectivity index is 1.95. The van der Waals surface area contributed by atoms with Crippen molar-refractivity contribution in [2.75, 3.05) is 0 Å². The Bertz CT molecular complexity index is 1040. The van der Waals surface area contributed by atoms with Crippen LogP contribution in [0, 0.1) is 6.92 Å². The van der Waals surface area contributed by atoms with Crippen LogP contribution < -0.4 is 0 Å². The average molecular weight is 327 g/mol. The molecule has 0 aliphatic carbocycles. The van der Waals surface area contributed by atoms with Crippen molar-refractivity contribution in [3.05, 3.63) is 95.7 Å². The van der Waals surface area contributed by atoms with E-state index in [9.17, 15) is 5.11 Å². The summed E-state index contributed by atoms with van der Waals surface area (Å²) in [4.78, 5) is 4.75. The number of benzene rings is 3. The van der Waals surface area contributed by atoms with Crippen LogP contribution in [0.5, 0.6) is 5.75 Å². The van der Waals surface area contributed by atoms with Crippen LogP contribution in [0.25, 0.3) is 11.0 Å². The molecule has 0 saturated carbocycles. The molecule has 1 N–H and O–H groups in total. The molecule has 0 unspecified atom stereocenters. The maximum Gasteiger partial charge on any atom is 0.196 e. The smallest absolute Gasteiger partial charge is 0.196 e. The second-order valence-electron chi connectivity index (χ2n) is 5.94. The number of fused-ring (bicyclic) bond motifs is 1. The Labute approximate surface area is 145 Å². The molecule has 3 nitrogen and oxygen atoms in total. The van der Waals surface area contributed by atoms with Crippen molar-refractivity contribution in [3.63, 3.8) is 0 Å². The Kier molecular flexibility index (Phi) is 3.82. The summed E-state index contributed by atoms with van der Waals surface area (Å²) in [5, 5.41) is 11.4. The summed E-state index contributed by atoms with van der Waals surface area (Å²) < 4.78 is 5.94. The maximum atomic E-state index is 10.7. The minimum absolute atomic E-state index is 0.117. The predicted octanol–water partition coefficient (Wildman–Crippen LogP) is 5.62. The van der Waals surface area contributed by atoms with Crippen LogP contribution in [-0.2, 0) is 0 Å². The first kappa shape index (κ1) is 15.2. The normalized spacial score (nSPS) is 11.8. The number of hydrogen-bond acceptors (Lipinski definition) is 3. The lowest BCUT2D eigenvalue weighted by molar-refractivity contribution is 0.461. The third kappa shape index (κ3) is 2.92. The molecule has 1 aromatic heterocycles. The fraction of sp³-hybridized carbons (Fsp3) is 0.0455. The van der Waals surface area contributed by atoms with E-state index in [4.69, 9.17) is 9.41 Å². The number of hydrogen-bond donors (Lipinski definition) is 1. The molecule has 0 aliphatic rings. The predicted molar refractivity (Wildman–Crippen MR) is 101 cm³/mol. The van der Waals surface area contributed by atoms with Crippen molar-refractivity contribution >= 4 is 22.4 Å². The standard InChI is InChI=1S/C22H17NO2/c1-15-11-13-16(14-12-15)20(23-17-7-3-2-4-8-17)22-21(24)18-9-5-6-10-19(18)25-22/h2-14,24H,1H3. The number of nitrogens with zero attached hydrogens (tertiary/aromatic N) is 1. The SMILES string of the molecule is Cc1ccc(C(=Nc2ccccc2)c2oc3ccccc3c2O)cc1. The number of aryl methyl sites for hydroxylation is 1. The number of aliphatic imine (C=N–C) groups is 1. The highest BCUT2D eigenvalue weighted by molar-refractivity contribution is 6.16. The van der Waals surface area contributed by atoms with Gasteiger partial charge in [0.1, 0.15) is 11.3 Å². The zero-order valence-corrected chi connectivity index (χ0v) is 13.8. The minimum Gasteiger partial charge on any atom is -0.504 e. The van der Waals surface area contributed by atoms with Gasteiger partial charge >= 0.3 is 0 Å². The number of para-hydroxylation sites is 2. The van der Waals surface area contributed by atoms with E-state index < -0.39 is 0 Å². The van der Waals surface area contributed by atoms with Gasteiger partial charge in [0.25, 0.3) is 0 Å². The molecule has 0 bridgehead atoms. The lowest BCUT2D eigenvalue weighted by atomic mass is 10.0. The van der Waals surface area contributed by atoms with E-state index in [1.807, 2.05) is 85.8 Å². The summed E-state index contributed by atoms with van der Waals surface area (Å²) in [7, 11) is 0. The first-order chi connectivity index (χ1) is 12.2. The van der Waals surface area contributed by atoms with Gasteiger partial charge in [0, 0.05) is 5.56 Å². The molecule has 0 saturated heterocycles. The Hall–Kier alpha value is -3.33. The zero-order valence-electron chi connectivity index (χ0n) is 13.8. The fourth-order valence-electron chi connectivity index (χ4n) is 2.78. The summed E-state index contributed by atoms with van der Waals surface area (Å²) in [5.41, 5.74) is 4.11. The fourth-order valence-corrected chi connectivity index (χ4v) is 2.78. The monoisotopic (exact) mass is 327 g/mol. The van der Waals surface area contributed by atoms with Crippen molar-refractivity contribution in [1.29, 1.82) is 0 Å². The summed E-state index contributed by atoms with van der Waals surface area (Å²) in [6, 6.07) is 25.1. The van der Waals surface area contributed by atoms with E-state index in [1.165, 1.54) is 0 Å². The van der Waals surface area contributed by atoms with E-state index in [1.54, 1.807) is 0 Å². The largest absolute Gasteiger partial charge is 0.504 e. The molecule has 3 aromatic carbocycles. The van der Waals surface area contributed by atoms with Crippen molar-refractivity contribution in [3.8, 4) is 5.75 Å². The quantitative estimate of drug-likeness (QED) is 0.497. The molecule has 1 heterocycles. The Morgan fingerprint density at radius 2 is 1.52 bits per heavy atom. The highest BCUT2D eigenvalue weighted by Gasteiger charge is 2.20. The van der Waals surface area contributed by atoms with E-state index in [2.05, 4.69) is 0 Å². The van der Waals surface area contributed by atoms with Gasteiger partial charge in [-0.15, -0.1) is 0 Å². The average Bonchev–Trinajstić information content (AvgIpc) is 2.98. The van der Waals surface area contributed by atoms with Gasteiger partial charge in [-0.05, 0) is 31.2 Å². The summed E-state index contributed by atoms with van der Waals surface area (Å²) in [5.74, 6) is 0.500. The summed E-state index contributed by atoms with van der Waals surface area (Å²) in [6.45, 7) is 2.04. The number of rotatable bonds is 3. The second kappa shape index (κ2) is 6.29. The van der Waals surface area contributed by atoms with Crippen molar-refractivity contribution in [1.82, 2.24) is 0 Å². The van der Waals surface area contributed by atoms with Gasteiger partial charge in [-0.2, -0.15) is 0 Å². The van der Waals surface area contributed by atoms with Gasteiger partial charge in [0.15, 0.2) is 11.5 Å². The van der Waals surface area contributed by atoms with Gasteiger partial charge in [-0.3, -0.25) is 0 Å². The molecule has 0 aliphatic heterocycles. The lowest BCUT2D eigenvalue weighted by Gasteiger charge is -2.06. The first-order valence-electron chi connectivity index (χ1n) is 8.14. The Morgan fingerprint density at radius 3 is 2.24 bits per heavy atom. The Morgan fingerprint density at radius 1 is 0.840 bits per heavy atom. The van der Waals surface area contributed by atoms with Gasteiger partial charge in [-0.25, -0.2) is 4.99 Å². The van der Waals surface area contributed by atoms with Crippen LogP contribution in [0.4, 0.5) is 5.69 Å². The first-order valence-corrected chi connectivity index (χ1v) is 8.14. The molecular weight excluding hydrogens is 310 g/mol. The van der Waals surface area contributed by atoms with Crippen LogP contribution >= 0.6 is 0 Å². The van der Waals surface area contributed by atoms with Crippen molar-refractivity contribution in [2.24, 2.45) is 4.99 Å². The number of aromatic hydroxyl groups is 1. The van der Waals surface area contributed by atoms with Crippen LogP contribution in [0.15, 0.2) is 88.3 Å². The van der Waals surface area contributed by atoms with E-state index in [0.717, 1.165) is 16.8 Å². The number of furan rings is 1. The van der Waals surface area contributed by atoms with Crippen LogP contribution in [-0.4, -0.2) is 10.8 Å². The highest BCUT2D eigenvalue weighted by Crippen LogP contribution is 2.34. The summed E-state index contributed by atoms with van der Waals surface area (Å²) in [6.07, 6.45) is 0. The third-order valence-corrected chi connectivity index (χ3v) is 4.11. The summed E-state index contributed by atoms with van der Waals surface area (Å²) >= 11 is 0. The van der Waals surface area contributed by atoms with Gasteiger partial charge in [0.2, 0.25) is 0 Å². The third-order valence-electron chi connectivity index (χ3n) is 4.11. The van der Waals surface area contributed by atoms with Crippen LogP contribution in [0.3, 0.4) is 0 Å². The molecule has 0 spiro atoms. The zero-order chi connectivity index (χ0) is 17.2. The van der Waals surface area contributed by atoms with E-state index >= 15 is 0 Å². The molecule has 0 fully saturated rings. The molecular formula is C22H17NO2. The van der Waals surface area contributed by atoms with Crippen LogP contribution in [0.1, 0.15) is 16.9 Å². The second-order valence-corrected chi connectivity index (χ2v) is 5.94. The van der Waals surface area contributed by atoms with E-state index in [-0.39, 0.29) is 5.75 Å². The van der Waals surface area contributed by atoms with Gasteiger partial charge in [-0.1, -0.05) is 60.2 Å². The minimum atomic E-state index is 0.117. The molecule has 0 amide bonds. The molecule has 0 radical (unpaired) electrons.